The Morgan fingerprint density at radius 2 is 1.01 bits per heavy atom. The summed E-state index contributed by atoms with van der Waals surface area (Å²) in [6.45, 7) is 5.39. The Labute approximate surface area is 534 Å². The molecule has 0 unspecified atom stereocenters. The summed E-state index contributed by atoms with van der Waals surface area (Å²) in [5, 5.41) is 62.3. The normalized spacial score (nSPS) is 22.9. The Hall–Kier alpha value is -9.15. The van der Waals surface area contributed by atoms with Crippen LogP contribution in [0.5, 0.6) is 5.75 Å². The van der Waals surface area contributed by atoms with Gasteiger partial charge in [0.25, 0.3) is 0 Å². The van der Waals surface area contributed by atoms with Crippen LogP contribution < -0.4 is 64.6 Å². The van der Waals surface area contributed by atoms with Gasteiger partial charge in [0.2, 0.25) is 70.9 Å². The Bertz CT molecular complexity index is 3020. The van der Waals surface area contributed by atoms with Crippen molar-refractivity contribution in [2.75, 3.05) is 30.1 Å². The topological polar surface area (TPSA) is 509 Å². The molecular formula is C57H78F2N12O19S2. The van der Waals surface area contributed by atoms with E-state index >= 15 is 0 Å². The Morgan fingerprint density at radius 1 is 0.576 bits per heavy atom. The lowest BCUT2D eigenvalue weighted by atomic mass is 10.0. The van der Waals surface area contributed by atoms with Gasteiger partial charge in [-0.2, -0.15) is 20.5 Å². The van der Waals surface area contributed by atoms with Crippen LogP contribution in [-0.4, -0.2) is 194 Å². The van der Waals surface area contributed by atoms with E-state index in [1.54, 1.807) is 20.1 Å². The molecule has 35 heteroatoms. The van der Waals surface area contributed by atoms with E-state index in [0.29, 0.717) is 17.3 Å². The molecule has 3 rings (SSSR count). The summed E-state index contributed by atoms with van der Waals surface area (Å²) in [6.07, 6.45) is -3.29. The van der Waals surface area contributed by atoms with Gasteiger partial charge in [-0.1, -0.05) is 64.1 Å². The standard InChI is InChI=1S/C57H78F2N12O19S2/c1-27(2)20-36-51(84)70-40(47(61)80)25-92-26-43(75)64-37(21-29-6-10-31(11-7-29)57(58,59)56(89)90)52(85)65-34(15-17-45(78)79)49(82)69-39(23-41(60)73)54(87)71-46(28(3)4)55(88)62-24-42(74)63-35(18-19-91-5)50(83)68-38(22-30-8-12-32(72)13-9-30)53(86)66-33(48(81)67-36)14-16-44(76)77/h6-13,27-28,33-40,46,72H,14-26H2,1-5H3,(H2,60,73)(H2,61,80)(H,62,88)(H,63,74)(H,64,75)(H,65,85)(H,66,86)(H,67,81)(H,68,83)(H,69,82)(H,70,84)(H,71,87)(H,76,77)(H,78,79)(H,89,90)/t33-,34-,35-,36-,37-,38-,39-,40-,46-/m0/s1. The highest BCUT2D eigenvalue weighted by Crippen LogP contribution is 2.28. The summed E-state index contributed by atoms with van der Waals surface area (Å²) in [5.41, 5.74) is 10.5. The van der Waals surface area contributed by atoms with Crippen molar-refractivity contribution in [3.05, 3.63) is 65.2 Å². The van der Waals surface area contributed by atoms with Crippen LogP contribution in [0, 0.1) is 11.8 Å². The molecule has 0 bridgehead atoms. The lowest BCUT2D eigenvalue weighted by molar-refractivity contribution is -0.166. The van der Waals surface area contributed by atoms with E-state index in [0.717, 1.165) is 24.3 Å². The van der Waals surface area contributed by atoms with Crippen LogP contribution in [0.1, 0.15) is 89.3 Å². The predicted molar refractivity (Wildman–Crippen MR) is 325 cm³/mol. The molecule has 2 aromatic carbocycles. The minimum Gasteiger partial charge on any atom is -0.508 e. The van der Waals surface area contributed by atoms with Crippen LogP contribution in [-0.2, 0) is 90.7 Å². The molecule has 1 aliphatic rings. The summed E-state index contributed by atoms with van der Waals surface area (Å²) in [4.78, 5) is 201. The van der Waals surface area contributed by atoms with Gasteiger partial charge in [0.05, 0.1) is 18.7 Å². The Kier molecular flexibility index (Phi) is 31.2. The van der Waals surface area contributed by atoms with Crippen molar-refractivity contribution >= 4 is 112 Å². The summed E-state index contributed by atoms with van der Waals surface area (Å²) >= 11 is 1.92. The summed E-state index contributed by atoms with van der Waals surface area (Å²) < 4.78 is 28.9. The first-order valence-corrected chi connectivity index (χ1v) is 31.2. The number of amides is 12. The van der Waals surface area contributed by atoms with Crippen molar-refractivity contribution in [3.8, 4) is 5.75 Å². The van der Waals surface area contributed by atoms with Gasteiger partial charge in [0.15, 0.2) is 0 Å². The number of phenols is 1. The van der Waals surface area contributed by atoms with Crippen molar-refractivity contribution in [3.63, 3.8) is 0 Å². The number of carboxylic acids is 3. The van der Waals surface area contributed by atoms with E-state index in [1.165, 1.54) is 49.9 Å². The third kappa shape index (κ3) is 26.4. The molecule has 1 fully saturated rings. The van der Waals surface area contributed by atoms with E-state index in [2.05, 4.69) is 53.2 Å². The second kappa shape index (κ2) is 37.2. The molecular weight excluding hydrogens is 1260 g/mol. The van der Waals surface area contributed by atoms with Gasteiger partial charge in [-0.15, -0.1) is 11.8 Å². The van der Waals surface area contributed by atoms with E-state index in [4.69, 9.17) is 16.6 Å². The number of carboxylic acid groups (broad SMARTS) is 3. The third-order valence-corrected chi connectivity index (χ3v) is 15.4. The lowest BCUT2D eigenvalue weighted by Crippen LogP contribution is -2.60. The highest BCUT2D eigenvalue weighted by atomic mass is 32.2. The van der Waals surface area contributed by atoms with Crippen molar-refractivity contribution in [2.45, 2.75) is 146 Å². The number of hydrogen-bond acceptors (Lipinski definition) is 18. The average molecular weight is 1340 g/mol. The predicted octanol–water partition coefficient (Wildman–Crippen LogP) is -2.87. The summed E-state index contributed by atoms with van der Waals surface area (Å²) in [7, 11) is 0. The molecule has 1 aliphatic heterocycles. The second-order valence-corrected chi connectivity index (χ2v) is 24.1. The number of halogens is 2. The lowest BCUT2D eigenvalue weighted by Gasteiger charge is -2.27. The van der Waals surface area contributed by atoms with Crippen LogP contribution in [0.15, 0.2) is 48.5 Å². The number of thioether (sulfide) groups is 2. The largest absolute Gasteiger partial charge is 0.508 e. The maximum Gasteiger partial charge on any atom is 0.379 e. The number of alkyl halides is 2. The number of nitrogens with one attached hydrogen (secondary N) is 10. The first kappa shape index (κ1) is 77.1. The van der Waals surface area contributed by atoms with Crippen molar-refractivity contribution in [1.82, 2.24) is 53.2 Å². The van der Waals surface area contributed by atoms with Crippen molar-refractivity contribution in [2.24, 2.45) is 23.3 Å². The van der Waals surface area contributed by atoms with E-state index < -0.39 is 217 Å². The first-order valence-electron chi connectivity index (χ1n) is 28.7. The van der Waals surface area contributed by atoms with Gasteiger partial charge in [0.1, 0.15) is 60.1 Å². The van der Waals surface area contributed by atoms with Gasteiger partial charge in [0, 0.05) is 37.0 Å². The van der Waals surface area contributed by atoms with Gasteiger partial charge < -0.3 is 85.1 Å². The zero-order chi connectivity index (χ0) is 69.2. The molecule has 506 valence electrons. The average Bonchev–Trinajstić information content (AvgIpc) is 0.885. The second-order valence-electron chi connectivity index (χ2n) is 22.1. The molecule has 12 amide bonds. The Balaban J connectivity index is 2.21. The zero-order valence-electron chi connectivity index (χ0n) is 50.8. The quantitative estimate of drug-likeness (QED) is 0.0597. The zero-order valence-corrected chi connectivity index (χ0v) is 52.4. The highest BCUT2D eigenvalue weighted by Gasteiger charge is 2.41. The summed E-state index contributed by atoms with van der Waals surface area (Å²) in [5.74, 6) is -25.3. The number of carbonyl (C=O) groups is 15. The number of phenolic OH excluding ortho intramolecular Hbond substituents is 1. The highest BCUT2D eigenvalue weighted by molar-refractivity contribution is 8.00. The van der Waals surface area contributed by atoms with Crippen molar-refractivity contribution in [1.29, 1.82) is 0 Å². The van der Waals surface area contributed by atoms with Gasteiger partial charge >= 0.3 is 23.8 Å². The molecule has 0 radical (unpaired) electrons. The van der Waals surface area contributed by atoms with E-state index in [9.17, 15) is 96.0 Å². The molecule has 31 nitrogen and oxygen atoms in total. The van der Waals surface area contributed by atoms with E-state index in [1.807, 2.05) is 0 Å². The number of carbonyl (C=O) groups excluding carboxylic acids is 12. The molecule has 2 aromatic rings. The molecule has 1 heterocycles. The molecule has 0 aliphatic carbocycles. The minimum absolute atomic E-state index is 0.00303. The maximum absolute atomic E-state index is 14.4. The van der Waals surface area contributed by atoms with Crippen LogP contribution in [0.2, 0.25) is 0 Å². The molecule has 0 spiro atoms. The fraction of sp³-hybridized carbons (Fsp3) is 0.526. The third-order valence-electron chi connectivity index (χ3n) is 13.7. The number of aliphatic carboxylic acids is 3. The maximum atomic E-state index is 14.4. The van der Waals surface area contributed by atoms with Gasteiger partial charge in [-0.3, -0.25) is 67.1 Å². The fourth-order valence-corrected chi connectivity index (χ4v) is 10.2. The number of hydrogen-bond donors (Lipinski definition) is 16. The molecule has 1 saturated heterocycles. The van der Waals surface area contributed by atoms with Crippen LogP contribution in [0.3, 0.4) is 0 Å². The Morgan fingerprint density at radius 3 is 1.48 bits per heavy atom. The van der Waals surface area contributed by atoms with Crippen molar-refractivity contribution < 1.29 is 101 Å². The summed E-state index contributed by atoms with van der Waals surface area (Å²) in [6, 6.07) is -6.30. The first-order chi connectivity index (χ1) is 43.1. The van der Waals surface area contributed by atoms with Crippen LogP contribution in [0.25, 0.3) is 0 Å². The number of rotatable bonds is 21. The minimum atomic E-state index is -4.36. The smallest absolute Gasteiger partial charge is 0.379 e. The molecule has 18 N–H and O–H groups in total. The number of nitrogens with two attached hydrogens (primary N) is 2. The molecule has 0 aromatic heterocycles. The van der Waals surface area contributed by atoms with E-state index in [-0.39, 0.29) is 42.2 Å². The number of aromatic hydroxyl groups is 1. The van der Waals surface area contributed by atoms with Crippen LogP contribution in [0.4, 0.5) is 8.78 Å². The SMILES string of the molecule is CSCC[C@@H]1NC(=O)CNC(=O)[C@H](C(C)C)NC(=O)[C@H](CC(N)=O)NC(=O)[C@H](CCC(=O)O)NC(=O)[C@H](Cc2ccc(C(F)(F)C(=O)O)cc2)NC(=O)CSC[C@@H](C(N)=O)NC(=O)[C@H](CC(C)C)NC(=O)[C@H](CCC(=O)O)NC(=O)[C@H](Cc2ccc(O)cc2)NC1=O. The fourth-order valence-electron chi connectivity index (χ4n) is 8.83. The molecule has 92 heavy (non-hydrogen) atoms. The van der Waals surface area contributed by atoms with Gasteiger partial charge in [-0.25, -0.2) is 4.79 Å². The molecule has 9 atom stereocenters. The van der Waals surface area contributed by atoms with Crippen LogP contribution >= 0.6 is 23.5 Å². The number of primary amides is 2. The van der Waals surface area contributed by atoms with Gasteiger partial charge in [-0.05, 0) is 72.8 Å². The molecule has 0 saturated carbocycles. The number of benzene rings is 2. The monoisotopic (exact) mass is 1340 g/mol.